The first-order valence-electron chi connectivity index (χ1n) is 9.41. The second-order valence-electron chi connectivity index (χ2n) is 8.00. The fourth-order valence-corrected chi connectivity index (χ4v) is 3.97. The molecule has 2 nitrogen and oxygen atoms in total. The van der Waals surface area contributed by atoms with Crippen LogP contribution in [0.15, 0.2) is 0 Å². The fourth-order valence-electron chi connectivity index (χ4n) is 3.97. The van der Waals surface area contributed by atoms with Crippen LogP contribution in [0.3, 0.4) is 0 Å². The Bertz CT molecular complexity index is 261. The fraction of sp³-hybridized carbons (Fsp3) is 1.00. The van der Waals surface area contributed by atoms with Gasteiger partial charge >= 0.3 is 0 Å². The van der Waals surface area contributed by atoms with E-state index in [1.165, 1.54) is 58.2 Å². The van der Waals surface area contributed by atoms with E-state index in [-0.39, 0.29) is 0 Å². The first-order chi connectivity index (χ1) is 9.93. The lowest BCUT2D eigenvalue weighted by Gasteiger charge is -2.44. The normalized spacial score (nSPS) is 21.4. The molecule has 1 heterocycles. The van der Waals surface area contributed by atoms with E-state index in [0.717, 1.165) is 12.0 Å². The van der Waals surface area contributed by atoms with Crippen molar-refractivity contribution in [2.75, 3.05) is 19.6 Å². The molecule has 126 valence electrons. The van der Waals surface area contributed by atoms with E-state index in [9.17, 15) is 0 Å². The van der Waals surface area contributed by atoms with Crippen molar-refractivity contribution in [2.45, 2.75) is 92.2 Å². The summed E-state index contributed by atoms with van der Waals surface area (Å²) in [6.45, 7) is 18.0. The number of hydrogen-bond acceptors (Lipinski definition) is 2. The summed E-state index contributed by atoms with van der Waals surface area (Å²) in [5.74, 6) is 0.902. The third-order valence-electron chi connectivity index (χ3n) is 5.36. The number of rotatable bonds is 8. The maximum Gasteiger partial charge on any atom is 0.0246 e. The Morgan fingerprint density at radius 1 is 1.05 bits per heavy atom. The molecule has 0 aromatic heterocycles. The Hall–Kier alpha value is -0.0800. The second-order valence-corrected chi connectivity index (χ2v) is 8.00. The van der Waals surface area contributed by atoms with Gasteiger partial charge in [-0.05, 0) is 63.1 Å². The predicted octanol–water partition coefficient (Wildman–Crippen LogP) is 4.69. The monoisotopic (exact) mass is 296 g/mol. The van der Waals surface area contributed by atoms with Crippen LogP contribution in [-0.2, 0) is 0 Å². The van der Waals surface area contributed by atoms with E-state index in [1.54, 1.807) is 0 Å². The first kappa shape index (κ1) is 19.0. The average molecular weight is 297 g/mol. The van der Waals surface area contributed by atoms with Crippen LogP contribution in [0.1, 0.15) is 80.1 Å². The number of hydrogen-bond donors (Lipinski definition) is 1. The molecule has 0 aromatic carbocycles. The van der Waals surface area contributed by atoms with Crippen molar-refractivity contribution in [3.05, 3.63) is 0 Å². The Labute approximate surface area is 134 Å². The zero-order valence-corrected chi connectivity index (χ0v) is 15.5. The van der Waals surface area contributed by atoms with Crippen molar-refractivity contribution in [3.8, 4) is 0 Å². The predicted molar refractivity (Wildman–Crippen MR) is 94.8 cm³/mol. The van der Waals surface area contributed by atoms with E-state index >= 15 is 0 Å². The van der Waals surface area contributed by atoms with E-state index in [4.69, 9.17) is 0 Å². The standard InChI is InChI=1S/C19H40N2/c1-7-10-17(20-13-8-2)18(9-3)21-14-11-16(12-15-21)19(4,5)6/h16-18,20H,7-15H2,1-6H3. The van der Waals surface area contributed by atoms with Crippen molar-refractivity contribution in [1.82, 2.24) is 10.2 Å². The van der Waals surface area contributed by atoms with E-state index < -0.39 is 0 Å². The highest BCUT2D eigenvalue weighted by atomic mass is 15.2. The van der Waals surface area contributed by atoms with Crippen LogP contribution >= 0.6 is 0 Å². The second kappa shape index (κ2) is 9.15. The minimum absolute atomic E-state index is 0.483. The van der Waals surface area contributed by atoms with Crippen LogP contribution in [0.5, 0.6) is 0 Å². The number of likely N-dealkylation sites (tertiary alicyclic amines) is 1. The number of nitrogens with one attached hydrogen (secondary N) is 1. The number of nitrogens with zero attached hydrogens (tertiary/aromatic N) is 1. The van der Waals surface area contributed by atoms with Crippen LogP contribution in [-0.4, -0.2) is 36.6 Å². The molecular weight excluding hydrogens is 256 g/mol. The molecule has 0 amide bonds. The van der Waals surface area contributed by atoms with Gasteiger partial charge in [0.25, 0.3) is 0 Å². The summed E-state index contributed by atoms with van der Waals surface area (Å²) >= 11 is 0. The highest BCUT2D eigenvalue weighted by Crippen LogP contribution is 2.35. The molecule has 1 rings (SSSR count). The van der Waals surface area contributed by atoms with Gasteiger partial charge < -0.3 is 5.32 Å². The van der Waals surface area contributed by atoms with Crippen molar-refractivity contribution in [2.24, 2.45) is 11.3 Å². The molecule has 2 atom stereocenters. The summed E-state index contributed by atoms with van der Waals surface area (Å²) in [7, 11) is 0. The van der Waals surface area contributed by atoms with Gasteiger partial charge in [0.05, 0.1) is 0 Å². The zero-order valence-electron chi connectivity index (χ0n) is 15.5. The summed E-state index contributed by atoms with van der Waals surface area (Å²) in [4.78, 5) is 2.78. The number of piperidine rings is 1. The quantitative estimate of drug-likeness (QED) is 0.699. The molecular formula is C19H40N2. The Balaban J connectivity index is 2.59. The first-order valence-corrected chi connectivity index (χ1v) is 9.41. The van der Waals surface area contributed by atoms with Crippen LogP contribution in [0.4, 0.5) is 0 Å². The zero-order chi connectivity index (χ0) is 15.9. The summed E-state index contributed by atoms with van der Waals surface area (Å²) in [5, 5.41) is 3.82. The highest BCUT2D eigenvalue weighted by Gasteiger charge is 2.33. The van der Waals surface area contributed by atoms with Crippen LogP contribution in [0.25, 0.3) is 0 Å². The maximum atomic E-state index is 3.82. The minimum atomic E-state index is 0.483. The van der Waals surface area contributed by atoms with Gasteiger partial charge in [-0.3, -0.25) is 4.90 Å². The van der Waals surface area contributed by atoms with Crippen molar-refractivity contribution >= 4 is 0 Å². The van der Waals surface area contributed by atoms with Gasteiger partial charge in [0.1, 0.15) is 0 Å². The minimum Gasteiger partial charge on any atom is -0.312 e. The van der Waals surface area contributed by atoms with Gasteiger partial charge in [-0.1, -0.05) is 48.0 Å². The van der Waals surface area contributed by atoms with Crippen LogP contribution < -0.4 is 5.32 Å². The molecule has 0 bridgehead atoms. The topological polar surface area (TPSA) is 15.3 Å². The summed E-state index contributed by atoms with van der Waals surface area (Å²) < 4.78 is 0. The van der Waals surface area contributed by atoms with E-state index in [2.05, 4.69) is 51.8 Å². The molecule has 1 aliphatic rings. The lowest BCUT2D eigenvalue weighted by Crippen LogP contribution is -2.53. The third-order valence-corrected chi connectivity index (χ3v) is 5.36. The van der Waals surface area contributed by atoms with Gasteiger partial charge in [-0.15, -0.1) is 0 Å². The lowest BCUT2D eigenvalue weighted by molar-refractivity contribution is 0.0643. The maximum absolute atomic E-state index is 3.82. The molecule has 1 fully saturated rings. The molecule has 0 spiro atoms. The lowest BCUT2D eigenvalue weighted by atomic mass is 9.75. The van der Waals surface area contributed by atoms with E-state index in [1.807, 2.05) is 0 Å². The van der Waals surface area contributed by atoms with Crippen LogP contribution in [0, 0.1) is 11.3 Å². The van der Waals surface area contributed by atoms with Gasteiger partial charge in [0.2, 0.25) is 0 Å². The molecule has 2 heteroatoms. The Morgan fingerprint density at radius 2 is 1.67 bits per heavy atom. The molecule has 21 heavy (non-hydrogen) atoms. The molecule has 2 unspecified atom stereocenters. The molecule has 0 aromatic rings. The Morgan fingerprint density at radius 3 is 2.10 bits per heavy atom. The van der Waals surface area contributed by atoms with Crippen molar-refractivity contribution in [3.63, 3.8) is 0 Å². The summed E-state index contributed by atoms with van der Waals surface area (Å²) in [6, 6.07) is 1.42. The molecule has 0 saturated carbocycles. The molecule has 1 saturated heterocycles. The smallest absolute Gasteiger partial charge is 0.0246 e. The molecule has 1 aliphatic heterocycles. The van der Waals surface area contributed by atoms with Crippen molar-refractivity contribution in [1.29, 1.82) is 0 Å². The van der Waals surface area contributed by atoms with Crippen molar-refractivity contribution < 1.29 is 0 Å². The van der Waals surface area contributed by atoms with Gasteiger partial charge in [-0.2, -0.15) is 0 Å². The Kier molecular flexibility index (Phi) is 8.26. The van der Waals surface area contributed by atoms with Gasteiger partial charge in [0, 0.05) is 12.1 Å². The van der Waals surface area contributed by atoms with Gasteiger partial charge in [-0.25, -0.2) is 0 Å². The van der Waals surface area contributed by atoms with Gasteiger partial charge in [0.15, 0.2) is 0 Å². The molecule has 1 N–H and O–H groups in total. The molecule has 0 aliphatic carbocycles. The third kappa shape index (κ3) is 5.90. The summed E-state index contributed by atoms with van der Waals surface area (Å²) in [5.41, 5.74) is 0.483. The van der Waals surface area contributed by atoms with Crippen LogP contribution in [0.2, 0.25) is 0 Å². The molecule has 0 radical (unpaired) electrons. The van der Waals surface area contributed by atoms with E-state index in [0.29, 0.717) is 11.5 Å². The SMILES string of the molecule is CCCNC(CCC)C(CC)N1CCC(C(C)(C)C)CC1. The summed E-state index contributed by atoms with van der Waals surface area (Å²) in [6.07, 6.45) is 7.89. The highest BCUT2D eigenvalue weighted by molar-refractivity contribution is 4.88. The largest absolute Gasteiger partial charge is 0.312 e. The average Bonchev–Trinajstić information content (AvgIpc) is 2.45.